The molecule has 1 aromatic carbocycles. The quantitative estimate of drug-likeness (QED) is 0.936. The molecule has 0 aliphatic carbocycles. The molecule has 1 aromatic heterocycles. The van der Waals surface area contributed by atoms with Crippen LogP contribution < -0.4 is 5.73 Å². The Morgan fingerprint density at radius 3 is 2.84 bits per heavy atom. The lowest BCUT2D eigenvalue weighted by atomic mass is 10.0. The summed E-state index contributed by atoms with van der Waals surface area (Å²) in [5.74, 6) is -0.270. The lowest BCUT2D eigenvalue weighted by Crippen LogP contribution is -2.16. The van der Waals surface area contributed by atoms with Gasteiger partial charge in [0.15, 0.2) is 0 Å². The lowest BCUT2D eigenvalue weighted by Gasteiger charge is -2.14. The smallest absolute Gasteiger partial charge is 0.123 e. The molecule has 0 aliphatic heterocycles. The first-order valence-corrected chi connectivity index (χ1v) is 7.04. The van der Waals surface area contributed by atoms with Gasteiger partial charge in [0.1, 0.15) is 5.82 Å². The maximum Gasteiger partial charge on any atom is 0.123 e. The van der Waals surface area contributed by atoms with Crippen LogP contribution in [0.15, 0.2) is 28.7 Å². The Labute approximate surface area is 120 Å². The van der Waals surface area contributed by atoms with Crippen molar-refractivity contribution in [2.45, 2.75) is 32.9 Å². The summed E-state index contributed by atoms with van der Waals surface area (Å²) < 4.78 is 16.1. The summed E-state index contributed by atoms with van der Waals surface area (Å²) in [4.78, 5) is 0. The van der Waals surface area contributed by atoms with E-state index in [0.29, 0.717) is 6.42 Å². The predicted octanol–water partition coefficient (Wildman–Crippen LogP) is 3.36. The Bertz CT molecular complexity index is 580. The minimum Gasteiger partial charge on any atom is -0.324 e. The van der Waals surface area contributed by atoms with Gasteiger partial charge in [-0.05, 0) is 43.7 Å². The number of rotatable bonds is 4. The fourth-order valence-corrected chi connectivity index (χ4v) is 2.71. The van der Waals surface area contributed by atoms with Crippen LogP contribution in [0.3, 0.4) is 0 Å². The molecule has 2 aromatic rings. The zero-order valence-electron chi connectivity index (χ0n) is 11.0. The van der Waals surface area contributed by atoms with E-state index >= 15 is 0 Å². The van der Waals surface area contributed by atoms with Crippen molar-refractivity contribution >= 4 is 15.9 Å². The standard InChI is InChI=1S/C14H17BrFN3/c1-3-19-11(6-9(2)18-19)8-14(17)12-7-10(16)4-5-13(12)15/h4-7,14H,3,8,17H2,1-2H3. The molecule has 0 saturated heterocycles. The molecule has 5 heteroatoms. The molecular weight excluding hydrogens is 309 g/mol. The van der Waals surface area contributed by atoms with Gasteiger partial charge < -0.3 is 5.73 Å². The van der Waals surface area contributed by atoms with Crippen LogP contribution >= 0.6 is 15.9 Å². The first-order chi connectivity index (χ1) is 9.01. The average molecular weight is 326 g/mol. The number of hydrogen-bond donors (Lipinski definition) is 1. The van der Waals surface area contributed by atoms with Crippen LogP contribution in [0.25, 0.3) is 0 Å². The molecule has 0 saturated carbocycles. The highest BCUT2D eigenvalue weighted by molar-refractivity contribution is 9.10. The molecule has 1 atom stereocenters. The van der Waals surface area contributed by atoms with E-state index in [1.54, 1.807) is 6.07 Å². The maximum atomic E-state index is 13.3. The number of nitrogens with two attached hydrogens (primary N) is 1. The van der Waals surface area contributed by atoms with Crippen LogP contribution in [-0.4, -0.2) is 9.78 Å². The monoisotopic (exact) mass is 325 g/mol. The van der Waals surface area contributed by atoms with Crippen molar-refractivity contribution < 1.29 is 4.39 Å². The van der Waals surface area contributed by atoms with Crippen molar-refractivity contribution in [3.8, 4) is 0 Å². The summed E-state index contributed by atoms with van der Waals surface area (Å²) in [7, 11) is 0. The highest BCUT2D eigenvalue weighted by Gasteiger charge is 2.14. The van der Waals surface area contributed by atoms with Gasteiger partial charge in [-0.15, -0.1) is 0 Å². The van der Waals surface area contributed by atoms with Crippen molar-refractivity contribution in [2.75, 3.05) is 0 Å². The summed E-state index contributed by atoms with van der Waals surface area (Å²) in [6, 6.07) is 6.35. The number of halogens is 2. The van der Waals surface area contributed by atoms with E-state index in [1.807, 2.05) is 24.6 Å². The molecule has 1 heterocycles. The molecule has 1 unspecified atom stereocenters. The van der Waals surface area contributed by atoms with E-state index in [9.17, 15) is 4.39 Å². The van der Waals surface area contributed by atoms with Gasteiger partial charge in [0.05, 0.1) is 5.69 Å². The van der Waals surface area contributed by atoms with Gasteiger partial charge in [0.25, 0.3) is 0 Å². The SMILES string of the molecule is CCn1nc(C)cc1CC(N)c1cc(F)ccc1Br. The molecule has 0 amide bonds. The van der Waals surface area contributed by atoms with Crippen LogP contribution in [0, 0.1) is 12.7 Å². The van der Waals surface area contributed by atoms with E-state index in [4.69, 9.17) is 5.73 Å². The number of benzene rings is 1. The van der Waals surface area contributed by atoms with Gasteiger partial charge in [0.2, 0.25) is 0 Å². The predicted molar refractivity (Wildman–Crippen MR) is 77.4 cm³/mol. The molecule has 2 rings (SSSR count). The molecule has 0 radical (unpaired) electrons. The Morgan fingerprint density at radius 2 is 2.16 bits per heavy atom. The summed E-state index contributed by atoms with van der Waals surface area (Å²) >= 11 is 3.42. The number of aryl methyl sites for hydroxylation is 2. The van der Waals surface area contributed by atoms with Gasteiger partial charge in [-0.1, -0.05) is 15.9 Å². The highest BCUT2D eigenvalue weighted by Crippen LogP contribution is 2.25. The molecule has 19 heavy (non-hydrogen) atoms. The second-order valence-corrected chi connectivity index (χ2v) is 5.42. The third kappa shape index (κ3) is 3.22. The molecular formula is C14H17BrFN3. The third-order valence-corrected chi connectivity index (χ3v) is 3.79. The highest BCUT2D eigenvalue weighted by atomic mass is 79.9. The zero-order valence-corrected chi connectivity index (χ0v) is 12.6. The zero-order chi connectivity index (χ0) is 14.0. The van der Waals surface area contributed by atoms with Gasteiger partial charge in [-0.25, -0.2) is 4.39 Å². The van der Waals surface area contributed by atoms with E-state index < -0.39 is 0 Å². The second kappa shape index (κ2) is 5.84. The van der Waals surface area contributed by atoms with E-state index in [-0.39, 0.29) is 11.9 Å². The normalized spacial score (nSPS) is 12.7. The minimum atomic E-state index is -0.270. The first-order valence-electron chi connectivity index (χ1n) is 6.25. The van der Waals surface area contributed by atoms with Gasteiger partial charge in [0, 0.05) is 29.2 Å². The molecule has 0 spiro atoms. The number of aromatic nitrogens is 2. The van der Waals surface area contributed by atoms with Crippen molar-refractivity contribution in [3.63, 3.8) is 0 Å². The maximum absolute atomic E-state index is 13.3. The summed E-state index contributed by atoms with van der Waals surface area (Å²) in [6.45, 7) is 4.80. The van der Waals surface area contributed by atoms with Crippen LogP contribution in [0.4, 0.5) is 4.39 Å². The Kier molecular flexibility index (Phi) is 4.37. The van der Waals surface area contributed by atoms with Crippen molar-refractivity contribution in [1.29, 1.82) is 0 Å². The Balaban J connectivity index is 2.25. The molecule has 0 fully saturated rings. The molecule has 0 aliphatic rings. The van der Waals surface area contributed by atoms with E-state index in [1.165, 1.54) is 12.1 Å². The van der Waals surface area contributed by atoms with Crippen molar-refractivity contribution in [2.24, 2.45) is 5.73 Å². The lowest BCUT2D eigenvalue weighted by molar-refractivity contribution is 0.581. The van der Waals surface area contributed by atoms with Crippen molar-refractivity contribution in [3.05, 3.63) is 51.5 Å². The molecule has 2 N–H and O–H groups in total. The summed E-state index contributed by atoms with van der Waals surface area (Å²) in [5, 5.41) is 4.39. The number of hydrogen-bond acceptors (Lipinski definition) is 2. The van der Waals surface area contributed by atoms with E-state index in [0.717, 1.165) is 28.0 Å². The van der Waals surface area contributed by atoms with Crippen LogP contribution in [0.2, 0.25) is 0 Å². The summed E-state index contributed by atoms with van der Waals surface area (Å²) in [5.41, 5.74) is 9.02. The first kappa shape index (κ1) is 14.2. The Morgan fingerprint density at radius 1 is 1.42 bits per heavy atom. The summed E-state index contributed by atoms with van der Waals surface area (Å²) in [6.07, 6.45) is 0.636. The van der Waals surface area contributed by atoms with Crippen LogP contribution in [0.1, 0.15) is 29.9 Å². The van der Waals surface area contributed by atoms with Gasteiger partial charge in [-0.3, -0.25) is 4.68 Å². The largest absolute Gasteiger partial charge is 0.324 e. The third-order valence-electron chi connectivity index (χ3n) is 3.07. The molecule has 3 nitrogen and oxygen atoms in total. The van der Waals surface area contributed by atoms with E-state index in [2.05, 4.69) is 21.0 Å². The van der Waals surface area contributed by atoms with Crippen LogP contribution in [-0.2, 0) is 13.0 Å². The second-order valence-electron chi connectivity index (χ2n) is 4.57. The topological polar surface area (TPSA) is 43.8 Å². The minimum absolute atomic E-state index is 0.258. The fourth-order valence-electron chi connectivity index (χ4n) is 2.17. The molecule has 102 valence electrons. The average Bonchev–Trinajstić information content (AvgIpc) is 2.72. The Hall–Kier alpha value is -1.20. The number of nitrogens with zero attached hydrogens (tertiary/aromatic N) is 2. The molecule has 0 bridgehead atoms. The van der Waals surface area contributed by atoms with Gasteiger partial charge in [-0.2, -0.15) is 5.10 Å². The fraction of sp³-hybridized carbons (Fsp3) is 0.357. The van der Waals surface area contributed by atoms with Gasteiger partial charge >= 0.3 is 0 Å². The van der Waals surface area contributed by atoms with Crippen LogP contribution in [0.5, 0.6) is 0 Å². The van der Waals surface area contributed by atoms with Crippen molar-refractivity contribution in [1.82, 2.24) is 9.78 Å².